The van der Waals surface area contributed by atoms with Gasteiger partial charge in [0.25, 0.3) is 0 Å². The molecule has 2 rings (SSSR count). The lowest BCUT2D eigenvalue weighted by molar-refractivity contribution is 0.193. The third-order valence-electron chi connectivity index (χ3n) is 2.78. The first-order valence-electron chi connectivity index (χ1n) is 5.33. The van der Waals surface area contributed by atoms with Gasteiger partial charge in [0.2, 0.25) is 0 Å². The molecule has 2 bridgehead atoms. The Morgan fingerprint density at radius 2 is 1.29 bits per heavy atom. The van der Waals surface area contributed by atoms with Crippen LogP contribution in [0.15, 0.2) is 0 Å². The Kier molecular flexibility index (Phi) is 3.21. The molecule has 2 amide bonds. The summed E-state index contributed by atoms with van der Waals surface area (Å²) in [6, 6.07) is 0.204. The molecule has 0 aromatic heterocycles. The number of carbonyl (C=O) groups excluding carboxylic acids is 1. The SMILES string of the molecule is O=C1N2CCNCCNCCN1CC2. The quantitative estimate of drug-likeness (QED) is 0.520. The monoisotopic (exact) mass is 198 g/mol. The van der Waals surface area contributed by atoms with Gasteiger partial charge in [-0.15, -0.1) is 0 Å². The lowest BCUT2D eigenvalue weighted by Crippen LogP contribution is -2.37. The number of fused-ring (bicyclic) bond motifs is 2. The number of urea groups is 1. The van der Waals surface area contributed by atoms with Gasteiger partial charge in [-0.25, -0.2) is 4.79 Å². The summed E-state index contributed by atoms with van der Waals surface area (Å²) in [5.74, 6) is 0. The summed E-state index contributed by atoms with van der Waals surface area (Å²) in [6.07, 6.45) is 0. The van der Waals surface area contributed by atoms with Crippen LogP contribution in [0.4, 0.5) is 4.79 Å². The predicted molar refractivity (Wildman–Crippen MR) is 54.3 cm³/mol. The Hall–Kier alpha value is -0.810. The molecule has 2 fully saturated rings. The molecule has 0 unspecified atom stereocenters. The Bertz CT molecular complexity index is 189. The third-order valence-corrected chi connectivity index (χ3v) is 2.78. The number of nitrogens with zero attached hydrogens (tertiary/aromatic N) is 2. The number of hydrogen-bond donors (Lipinski definition) is 2. The molecule has 5 nitrogen and oxygen atoms in total. The molecule has 0 saturated carbocycles. The Morgan fingerprint density at radius 1 is 0.786 bits per heavy atom. The summed E-state index contributed by atoms with van der Waals surface area (Å²) < 4.78 is 0. The first kappa shape index (κ1) is 9.73. The molecule has 0 aromatic carbocycles. The molecule has 2 aliphatic heterocycles. The normalized spacial score (nSPS) is 25.0. The van der Waals surface area contributed by atoms with Crippen LogP contribution < -0.4 is 10.6 Å². The fraction of sp³-hybridized carbons (Fsp3) is 0.889. The summed E-state index contributed by atoms with van der Waals surface area (Å²) in [4.78, 5) is 15.6. The van der Waals surface area contributed by atoms with Crippen molar-refractivity contribution in [2.75, 3.05) is 52.4 Å². The van der Waals surface area contributed by atoms with E-state index in [2.05, 4.69) is 10.6 Å². The van der Waals surface area contributed by atoms with E-state index in [1.807, 2.05) is 9.80 Å². The van der Waals surface area contributed by atoms with Gasteiger partial charge < -0.3 is 20.4 Å². The van der Waals surface area contributed by atoms with Gasteiger partial charge in [-0.2, -0.15) is 0 Å². The second-order valence-corrected chi connectivity index (χ2v) is 3.76. The Morgan fingerprint density at radius 3 is 1.79 bits per heavy atom. The van der Waals surface area contributed by atoms with Gasteiger partial charge in [0.15, 0.2) is 0 Å². The minimum atomic E-state index is 0.204. The summed E-state index contributed by atoms with van der Waals surface area (Å²) in [5, 5.41) is 6.62. The van der Waals surface area contributed by atoms with Gasteiger partial charge in [0.05, 0.1) is 0 Å². The average molecular weight is 198 g/mol. The van der Waals surface area contributed by atoms with E-state index in [1.165, 1.54) is 0 Å². The molecule has 5 heteroatoms. The zero-order chi connectivity index (χ0) is 9.80. The van der Waals surface area contributed by atoms with Crippen LogP contribution in [0.5, 0.6) is 0 Å². The molecule has 2 heterocycles. The van der Waals surface area contributed by atoms with Crippen LogP contribution in [-0.2, 0) is 0 Å². The van der Waals surface area contributed by atoms with Gasteiger partial charge in [-0.05, 0) is 0 Å². The third kappa shape index (κ3) is 2.16. The number of nitrogens with one attached hydrogen (secondary N) is 2. The number of hydrogen-bond acceptors (Lipinski definition) is 3. The molecule has 0 aliphatic carbocycles. The lowest BCUT2D eigenvalue weighted by Gasteiger charge is -2.17. The van der Waals surface area contributed by atoms with Crippen LogP contribution in [0.3, 0.4) is 0 Å². The Labute approximate surface area is 84.4 Å². The maximum Gasteiger partial charge on any atom is 0.320 e. The maximum atomic E-state index is 11.7. The standard InChI is InChI=1S/C9H18N4O/c14-9-12-5-3-10-1-2-11-4-6-13(9)8-7-12/h10-11H,1-8H2. The van der Waals surface area contributed by atoms with E-state index in [0.717, 1.165) is 52.4 Å². The van der Waals surface area contributed by atoms with Crippen molar-refractivity contribution in [2.24, 2.45) is 0 Å². The van der Waals surface area contributed by atoms with Crippen molar-refractivity contribution in [3.05, 3.63) is 0 Å². The zero-order valence-electron chi connectivity index (χ0n) is 8.46. The fourth-order valence-electron chi connectivity index (χ4n) is 1.90. The molecule has 0 spiro atoms. The van der Waals surface area contributed by atoms with Gasteiger partial charge in [0, 0.05) is 52.4 Å². The van der Waals surface area contributed by atoms with Crippen LogP contribution in [0.1, 0.15) is 0 Å². The molecule has 2 aliphatic rings. The highest BCUT2D eigenvalue weighted by atomic mass is 16.2. The first-order chi connectivity index (χ1) is 6.88. The highest BCUT2D eigenvalue weighted by Gasteiger charge is 2.27. The van der Waals surface area contributed by atoms with E-state index in [4.69, 9.17) is 0 Å². The molecule has 80 valence electrons. The molecule has 2 N–H and O–H groups in total. The summed E-state index contributed by atoms with van der Waals surface area (Å²) >= 11 is 0. The minimum Gasteiger partial charge on any atom is -0.322 e. The second-order valence-electron chi connectivity index (χ2n) is 3.76. The van der Waals surface area contributed by atoms with E-state index < -0.39 is 0 Å². The average Bonchev–Trinajstić information content (AvgIpc) is 2.48. The zero-order valence-corrected chi connectivity index (χ0v) is 8.46. The van der Waals surface area contributed by atoms with Gasteiger partial charge in [-0.3, -0.25) is 0 Å². The predicted octanol–water partition coefficient (Wildman–Crippen LogP) is -1.08. The van der Waals surface area contributed by atoms with Crippen molar-refractivity contribution in [3.8, 4) is 0 Å². The van der Waals surface area contributed by atoms with Crippen LogP contribution in [0.25, 0.3) is 0 Å². The molecular weight excluding hydrogens is 180 g/mol. The first-order valence-corrected chi connectivity index (χ1v) is 5.33. The maximum absolute atomic E-state index is 11.7. The highest BCUT2D eigenvalue weighted by molar-refractivity contribution is 5.76. The van der Waals surface area contributed by atoms with E-state index in [0.29, 0.717) is 0 Å². The van der Waals surface area contributed by atoms with Crippen LogP contribution in [0.2, 0.25) is 0 Å². The van der Waals surface area contributed by atoms with Crippen molar-refractivity contribution in [1.29, 1.82) is 0 Å². The smallest absolute Gasteiger partial charge is 0.320 e. The van der Waals surface area contributed by atoms with Crippen molar-refractivity contribution in [1.82, 2.24) is 20.4 Å². The molecular formula is C9H18N4O. The molecule has 0 atom stereocenters. The van der Waals surface area contributed by atoms with Crippen molar-refractivity contribution >= 4 is 6.03 Å². The van der Waals surface area contributed by atoms with E-state index in [-0.39, 0.29) is 6.03 Å². The molecule has 14 heavy (non-hydrogen) atoms. The van der Waals surface area contributed by atoms with E-state index in [1.54, 1.807) is 0 Å². The van der Waals surface area contributed by atoms with Gasteiger partial charge >= 0.3 is 6.03 Å². The fourth-order valence-corrected chi connectivity index (χ4v) is 1.90. The highest BCUT2D eigenvalue weighted by Crippen LogP contribution is 2.06. The summed E-state index contributed by atoms with van der Waals surface area (Å²) in [7, 11) is 0. The van der Waals surface area contributed by atoms with E-state index in [9.17, 15) is 4.79 Å². The summed E-state index contributed by atoms with van der Waals surface area (Å²) in [6.45, 7) is 7.25. The van der Waals surface area contributed by atoms with Gasteiger partial charge in [0.1, 0.15) is 0 Å². The second kappa shape index (κ2) is 4.61. The van der Waals surface area contributed by atoms with Crippen LogP contribution in [-0.4, -0.2) is 68.2 Å². The van der Waals surface area contributed by atoms with Gasteiger partial charge in [-0.1, -0.05) is 0 Å². The molecule has 2 saturated heterocycles. The number of carbonyl (C=O) groups is 1. The largest absolute Gasteiger partial charge is 0.322 e. The topological polar surface area (TPSA) is 47.6 Å². The van der Waals surface area contributed by atoms with Crippen molar-refractivity contribution < 1.29 is 4.79 Å². The van der Waals surface area contributed by atoms with Crippen LogP contribution >= 0.6 is 0 Å². The van der Waals surface area contributed by atoms with Crippen molar-refractivity contribution in [3.63, 3.8) is 0 Å². The number of rotatable bonds is 0. The molecule has 0 radical (unpaired) electrons. The lowest BCUT2D eigenvalue weighted by atomic mass is 10.4. The Balaban J connectivity index is 1.92. The van der Waals surface area contributed by atoms with E-state index >= 15 is 0 Å². The molecule has 0 aromatic rings. The summed E-state index contributed by atoms with van der Waals surface area (Å²) in [5.41, 5.74) is 0. The van der Waals surface area contributed by atoms with Crippen LogP contribution in [0, 0.1) is 0 Å². The number of amides is 2. The minimum absolute atomic E-state index is 0.204. The van der Waals surface area contributed by atoms with Crippen molar-refractivity contribution in [2.45, 2.75) is 0 Å².